The number of carbonyl (C=O) groups excluding carboxylic acids is 1. The van der Waals surface area contributed by atoms with E-state index in [-0.39, 0.29) is 24.8 Å². The van der Waals surface area contributed by atoms with Crippen molar-refractivity contribution in [3.05, 3.63) is 29.8 Å². The molecule has 1 amide bonds. The molecule has 2 aliphatic heterocycles. The molecule has 0 aliphatic carbocycles. The van der Waals surface area contributed by atoms with Crippen molar-refractivity contribution in [2.24, 2.45) is 11.8 Å². The largest absolute Gasteiger partial charge is 0.382 e. The highest BCUT2D eigenvalue weighted by atomic mass is 35.5. The summed E-state index contributed by atoms with van der Waals surface area (Å²) in [7, 11) is 0. The standard InChI is InChI=1S/C21H33N3O.2ClH/c1-16-4-3-5-20(14-16)23-19-8-12-24(13-9-19)21(25)15-17(2)18-6-10-22-11-7-18;;/h3-5,14,17-19,22-23H,6-13,15H2,1-2H3;2*1H. The number of piperidine rings is 2. The SMILES string of the molecule is Cc1cccc(NC2CCN(C(=O)CC(C)C3CCNCC3)CC2)c1.Cl.Cl. The number of hydrogen-bond donors (Lipinski definition) is 2. The van der Waals surface area contributed by atoms with E-state index in [1.54, 1.807) is 0 Å². The molecule has 2 N–H and O–H groups in total. The minimum absolute atomic E-state index is 0. The minimum Gasteiger partial charge on any atom is -0.382 e. The molecule has 2 aliphatic rings. The second kappa shape index (κ2) is 11.8. The number of rotatable bonds is 5. The molecule has 0 spiro atoms. The third-order valence-electron chi connectivity index (χ3n) is 5.92. The number of anilines is 1. The number of amides is 1. The Hall–Kier alpha value is -0.970. The van der Waals surface area contributed by atoms with Crippen LogP contribution in [0.5, 0.6) is 0 Å². The molecule has 4 nitrogen and oxygen atoms in total. The highest BCUT2D eigenvalue weighted by Gasteiger charge is 2.27. The lowest BCUT2D eigenvalue weighted by molar-refractivity contribution is -0.133. The van der Waals surface area contributed by atoms with Crippen LogP contribution in [0.25, 0.3) is 0 Å². The first kappa shape index (κ1) is 24.1. The normalized spacial score (nSPS) is 19.6. The summed E-state index contributed by atoms with van der Waals surface area (Å²) in [6.07, 6.45) is 5.25. The maximum atomic E-state index is 12.7. The zero-order valence-electron chi connectivity index (χ0n) is 16.6. The van der Waals surface area contributed by atoms with Crippen LogP contribution in [0.1, 0.15) is 44.6 Å². The second-order valence-electron chi connectivity index (χ2n) is 7.94. The van der Waals surface area contributed by atoms with Gasteiger partial charge in [-0.3, -0.25) is 4.79 Å². The fourth-order valence-corrected chi connectivity index (χ4v) is 4.23. The average molecular weight is 416 g/mol. The summed E-state index contributed by atoms with van der Waals surface area (Å²) in [6, 6.07) is 9.02. The maximum absolute atomic E-state index is 12.7. The topological polar surface area (TPSA) is 44.4 Å². The van der Waals surface area contributed by atoms with Crippen molar-refractivity contribution in [1.29, 1.82) is 0 Å². The predicted molar refractivity (Wildman–Crippen MR) is 118 cm³/mol. The smallest absolute Gasteiger partial charge is 0.222 e. The quantitative estimate of drug-likeness (QED) is 0.754. The Balaban J connectivity index is 0.00000182. The van der Waals surface area contributed by atoms with Crippen molar-refractivity contribution < 1.29 is 4.79 Å². The third kappa shape index (κ3) is 7.17. The maximum Gasteiger partial charge on any atom is 0.222 e. The van der Waals surface area contributed by atoms with Crippen molar-refractivity contribution in [3.63, 3.8) is 0 Å². The van der Waals surface area contributed by atoms with Crippen LogP contribution in [0.3, 0.4) is 0 Å². The second-order valence-corrected chi connectivity index (χ2v) is 7.94. The number of benzene rings is 1. The van der Waals surface area contributed by atoms with E-state index in [0.29, 0.717) is 23.8 Å². The van der Waals surface area contributed by atoms with Gasteiger partial charge in [-0.05, 0) is 75.2 Å². The predicted octanol–water partition coefficient (Wildman–Crippen LogP) is 4.27. The molecule has 1 unspecified atom stereocenters. The van der Waals surface area contributed by atoms with Gasteiger partial charge in [0, 0.05) is 31.2 Å². The van der Waals surface area contributed by atoms with Gasteiger partial charge in [-0.2, -0.15) is 0 Å². The number of carbonyl (C=O) groups is 1. The molecule has 154 valence electrons. The van der Waals surface area contributed by atoms with Crippen molar-refractivity contribution in [3.8, 4) is 0 Å². The van der Waals surface area contributed by atoms with E-state index in [2.05, 4.69) is 53.6 Å². The fraction of sp³-hybridized carbons (Fsp3) is 0.667. The monoisotopic (exact) mass is 415 g/mol. The first-order valence-corrected chi connectivity index (χ1v) is 9.93. The Kier molecular flexibility index (Phi) is 10.5. The van der Waals surface area contributed by atoms with Gasteiger partial charge in [0.15, 0.2) is 0 Å². The zero-order valence-corrected chi connectivity index (χ0v) is 18.2. The molecule has 1 aromatic carbocycles. The summed E-state index contributed by atoms with van der Waals surface area (Å²) >= 11 is 0. The van der Waals surface area contributed by atoms with E-state index >= 15 is 0 Å². The molecule has 0 radical (unpaired) electrons. The van der Waals surface area contributed by atoms with Gasteiger partial charge in [0.05, 0.1) is 0 Å². The van der Waals surface area contributed by atoms with Crippen LogP contribution in [-0.2, 0) is 4.79 Å². The summed E-state index contributed by atoms with van der Waals surface area (Å²) in [5.41, 5.74) is 2.48. The van der Waals surface area contributed by atoms with Crippen molar-refractivity contribution in [2.75, 3.05) is 31.5 Å². The van der Waals surface area contributed by atoms with Gasteiger partial charge in [-0.1, -0.05) is 19.1 Å². The van der Waals surface area contributed by atoms with Gasteiger partial charge in [0.2, 0.25) is 5.91 Å². The van der Waals surface area contributed by atoms with Crippen LogP contribution in [0, 0.1) is 18.8 Å². The molecule has 6 heteroatoms. The number of nitrogens with zero attached hydrogens (tertiary/aromatic N) is 1. The zero-order chi connectivity index (χ0) is 17.6. The minimum atomic E-state index is 0. The molecule has 0 bridgehead atoms. The average Bonchev–Trinajstić information content (AvgIpc) is 2.63. The fourth-order valence-electron chi connectivity index (χ4n) is 4.23. The number of hydrogen-bond acceptors (Lipinski definition) is 3. The van der Waals surface area contributed by atoms with E-state index < -0.39 is 0 Å². The van der Waals surface area contributed by atoms with Crippen LogP contribution < -0.4 is 10.6 Å². The van der Waals surface area contributed by atoms with E-state index in [9.17, 15) is 4.79 Å². The van der Waals surface area contributed by atoms with Crippen LogP contribution in [0.15, 0.2) is 24.3 Å². The van der Waals surface area contributed by atoms with Gasteiger partial charge in [-0.15, -0.1) is 24.8 Å². The summed E-state index contributed by atoms with van der Waals surface area (Å²) < 4.78 is 0. The summed E-state index contributed by atoms with van der Waals surface area (Å²) in [5.74, 6) is 1.59. The Morgan fingerprint density at radius 2 is 1.85 bits per heavy atom. The molecule has 0 saturated carbocycles. The Morgan fingerprint density at radius 3 is 2.48 bits per heavy atom. The first-order chi connectivity index (χ1) is 12.1. The molecule has 3 rings (SSSR count). The van der Waals surface area contributed by atoms with Crippen molar-refractivity contribution in [2.45, 2.75) is 52.0 Å². The van der Waals surface area contributed by atoms with Crippen LogP contribution in [0.2, 0.25) is 0 Å². The van der Waals surface area contributed by atoms with Gasteiger partial charge >= 0.3 is 0 Å². The highest BCUT2D eigenvalue weighted by molar-refractivity contribution is 5.85. The van der Waals surface area contributed by atoms with Crippen LogP contribution in [0.4, 0.5) is 5.69 Å². The molecular formula is C21H35Cl2N3O. The number of likely N-dealkylation sites (tertiary alicyclic amines) is 1. The molecule has 1 aromatic rings. The molecule has 1 atom stereocenters. The highest BCUT2D eigenvalue weighted by Crippen LogP contribution is 2.26. The lowest BCUT2D eigenvalue weighted by atomic mass is 9.84. The van der Waals surface area contributed by atoms with Crippen molar-refractivity contribution >= 4 is 36.4 Å². The number of aryl methyl sites for hydroxylation is 1. The van der Waals surface area contributed by atoms with E-state index in [0.717, 1.165) is 45.4 Å². The van der Waals surface area contributed by atoms with Gasteiger partial charge < -0.3 is 15.5 Å². The summed E-state index contributed by atoms with van der Waals surface area (Å²) in [4.78, 5) is 14.7. The molecule has 2 saturated heterocycles. The molecule has 2 heterocycles. The number of halogens is 2. The van der Waals surface area contributed by atoms with E-state index in [1.165, 1.54) is 24.1 Å². The molecular weight excluding hydrogens is 381 g/mol. The number of nitrogens with one attached hydrogen (secondary N) is 2. The summed E-state index contributed by atoms with van der Waals surface area (Å²) in [5, 5.41) is 7.04. The van der Waals surface area contributed by atoms with Gasteiger partial charge in [0.1, 0.15) is 0 Å². The van der Waals surface area contributed by atoms with Crippen LogP contribution in [-0.4, -0.2) is 43.0 Å². The Bertz CT molecular complexity index is 570. The van der Waals surface area contributed by atoms with E-state index in [4.69, 9.17) is 0 Å². The molecule has 27 heavy (non-hydrogen) atoms. The Labute approximate surface area is 176 Å². The third-order valence-corrected chi connectivity index (χ3v) is 5.92. The lowest BCUT2D eigenvalue weighted by Gasteiger charge is -2.35. The van der Waals surface area contributed by atoms with Crippen molar-refractivity contribution in [1.82, 2.24) is 10.2 Å². The van der Waals surface area contributed by atoms with Crippen LogP contribution >= 0.6 is 24.8 Å². The van der Waals surface area contributed by atoms with E-state index in [1.807, 2.05) is 0 Å². The van der Waals surface area contributed by atoms with Gasteiger partial charge in [-0.25, -0.2) is 0 Å². The first-order valence-electron chi connectivity index (χ1n) is 9.93. The molecule has 2 fully saturated rings. The Morgan fingerprint density at radius 1 is 1.19 bits per heavy atom. The van der Waals surface area contributed by atoms with Gasteiger partial charge in [0.25, 0.3) is 0 Å². The molecule has 0 aromatic heterocycles. The summed E-state index contributed by atoms with van der Waals surface area (Å²) in [6.45, 7) is 8.39. The lowest BCUT2D eigenvalue weighted by Crippen LogP contribution is -2.43.